The van der Waals surface area contributed by atoms with Gasteiger partial charge in [0.25, 0.3) is 5.91 Å². The molecule has 0 radical (unpaired) electrons. The van der Waals surface area contributed by atoms with Crippen molar-refractivity contribution in [3.8, 4) is 17.1 Å². The molecule has 0 spiro atoms. The third-order valence-corrected chi connectivity index (χ3v) is 5.17. The summed E-state index contributed by atoms with van der Waals surface area (Å²) >= 11 is 5.36. The number of H-pyrrole nitrogens is 1. The summed E-state index contributed by atoms with van der Waals surface area (Å²) in [4.78, 5) is 20.4. The number of carbonyl (C=O) groups excluding carboxylic acids is 1. The highest BCUT2D eigenvalue weighted by atomic mass is 32.1. The number of rotatable bonds is 5. The van der Waals surface area contributed by atoms with Crippen LogP contribution in [0.25, 0.3) is 22.4 Å². The Morgan fingerprint density at radius 1 is 1.10 bits per heavy atom. The van der Waals surface area contributed by atoms with Crippen LogP contribution >= 0.6 is 12.2 Å². The lowest BCUT2D eigenvalue weighted by Crippen LogP contribution is -2.34. The second-order valence-corrected chi connectivity index (χ2v) is 7.38. The number of aromatic amines is 1. The zero-order chi connectivity index (χ0) is 21.8. The van der Waals surface area contributed by atoms with E-state index >= 15 is 0 Å². The molecule has 0 saturated heterocycles. The zero-order valence-electron chi connectivity index (χ0n) is 17.2. The molecule has 0 aliphatic carbocycles. The van der Waals surface area contributed by atoms with Crippen LogP contribution in [0.4, 0.5) is 5.69 Å². The third-order valence-electron chi connectivity index (χ3n) is 4.96. The van der Waals surface area contributed by atoms with E-state index in [1.165, 1.54) is 5.56 Å². The molecule has 7 heteroatoms. The maximum Gasteiger partial charge on any atom is 0.257 e. The number of hydrogen-bond acceptors (Lipinski definition) is 4. The topological polar surface area (TPSA) is 79.0 Å². The molecule has 0 unspecified atom stereocenters. The van der Waals surface area contributed by atoms with E-state index in [0.29, 0.717) is 17.0 Å². The van der Waals surface area contributed by atoms with Gasteiger partial charge in [0.1, 0.15) is 11.6 Å². The van der Waals surface area contributed by atoms with Gasteiger partial charge in [-0.1, -0.05) is 31.2 Å². The number of aromatic nitrogens is 2. The fourth-order valence-electron chi connectivity index (χ4n) is 3.26. The van der Waals surface area contributed by atoms with Gasteiger partial charge in [-0.3, -0.25) is 10.1 Å². The SMILES string of the molecule is CCc1ccc(C(=O)NC(=S)Nc2cc(-c3nc4ccccc4[nH]3)ccc2OC)cc1. The van der Waals surface area contributed by atoms with Crippen molar-refractivity contribution in [1.82, 2.24) is 15.3 Å². The monoisotopic (exact) mass is 430 g/mol. The number of nitrogens with one attached hydrogen (secondary N) is 3. The van der Waals surface area contributed by atoms with E-state index in [-0.39, 0.29) is 11.0 Å². The van der Waals surface area contributed by atoms with Crippen molar-refractivity contribution < 1.29 is 9.53 Å². The number of methoxy groups -OCH3 is 1. The lowest BCUT2D eigenvalue weighted by Gasteiger charge is -2.14. The van der Waals surface area contributed by atoms with Crippen molar-refractivity contribution >= 4 is 40.0 Å². The van der Waals surface area contributed by atoms with Crippen LogP contribution in [0.5, 0.6) is 5.75 Å². The van der Waals surface area contributed by atoms with Gasteiger partial charge in [0, 0.05) is 11.1 Å². The highest BCUT2D eigenvalue weighted by Crippen LogP contribution is 2.30. The molecular formula is C24H22N4O2S. The molecule has 4 aromatic rings. The maximum absolute atomic E-state index is 12.5. The first-order chi connectivity index (χ1) is 15.1. The minimum absolute atomic E-state index is 0.185. The number of hydrogen-bond donors (Lipinski definition) is 3. The van der Waals surface area contributed by atoms with Crippen molar-refractivity contribution in [1.29, 1.82) is 0 Å². The minimum atomic E-state index is -0.271. The van der Waals surface area contributed by atoms with Crippen molar-refractivity contribution in [3.63, 3.8) is 0 Å². The number of anilines is 1. The van der Waals surface area contributed by atoms with Gasteiger partial charge in [-0.15, -0.1) is 0 Å². The summed E-state index contributed by atoms with van der Waals surface area (Å²) in [5.74, 6) is 1.06. The van der Waals surface area contributed by atoms with Gasteiger partial charge in [0.15, 0.2) is 5.11 Å². The fourth-order valence-corrected chi connectivity index (χ4v) is 3.47. The van der Waals surface area contributed by atoms with E-state index in [1.54, 1.807) is 19.2 Å². The van der Waals surface area contributed by atoms with E-state index in [1.807, 2.05) is 54.6 Å². The average molecular weight is 431 g/mol. The largest absolute Gasteiger partial charge is 0.495 e. The Balaban J connectivity index is 1.53. The number of para-hydroxylation sites is 2. The first-order valence-corrected chi connectivity index (χ1v) is 10.3. The molecule has 4 rings (SSSR count). The summed E-state index contributed by atoms with van der Waals surface area (Å²) in [6, 6.07) is 20.9. The van der Waals surface area contributed by atoms with E-state index in [0.717, 1.165) is 28.8 Å². The minimum Gasteiger partial charge on any atom is -0.495 e. The summed E-state index contributed by atoms with van der Waals surface area (Å²) in [5, 5.41) is 5.96. The number of nitrogens with zero attached hydrogens (tertiary/aromatic N) is 1. The molecule has 6 nitrogen and oxygen atoms in total. The highest BCUT2D eigenvalue weighted by molar-refractivity contribution is 7.80. The van der Waals surface area contributed by atoms with Crippen LogP contribution < -0.4 is 15.4 Å². The van der Waals surface area contributed by atoms with Gasteiger partial charge in [0.05, 0.1) is 23.8 Å². The second kappa shape index (κ2) is 8.97. The molecule has 0 aliphatic heterocycles. The number of imidazole rings is 1. The van der Waals surface area contributed by atoms with E-state index < -0.39 is 0 Å². The predicted molar refractivity (Wildman–Crippen MR) is 128 cm³/mol. The van der Waals surface area contributed by atoms with E-state index in [9.17, 15) is 4.79 Å². The van der Waals surface area contributed by atoms with Gasteiger partial charge < -0.3 is 15.0 Å². The fraction of sp³-hybridized carbons (Fsp3) is 0.125. The van der Waals surface area contributed by atoms with Crippen molar-refractivity contribution in [2.24, 2.45) is 0 Å². The summed E-state index contributed by atoms with van der Waals surface area (Å²) < 4.78 is 5.45. The standard InChI is InChI=1S/C24H22N4O2S/c1-3-15-8-10-16(11-9-15)23(29)28-24(31)27-20-14-17(12-13-21(20)30-2)22-25-18-6-4-5-7-19(18)26-22/h4-14H,3H2,1-2H3,(H,25,26)(H2,27,28,29,31). The first-order valence-electron chi connectivity index (χ1n) is 9.92. The Bertz CT molecular complexity index is 1220. The molecule has 0 fully saturated rings. The molecule has 3 aromatic carbocycles. The van der Waals surface area contributed by atoms with Crippen LogP contribution in [-0.2, 0) is 6.42 Å². The smallest absolute Gasteiger partial charge is 0.257 e. The lowest BCUT2D eigenvalue weighted by molar-refractivity contribution is 0.0977. The number of fused-ring (bicyclic) bond motifs is 1. The number of thiocarbonyl (C=S) groups is 1. The molecule has 0 atom stereocenters. The predicted octanol–water partition coefficient (Wildman–Crippen LogP) is 4.93. The number of amides is 1. The third kappa shape index (κ3) is 4.57. The number of carbonyl (C=O) groups is 1. The van der Waals surface area contributed by atoms with Crippen LogP contribution in [0.3, 0.4) is 0 Å². The van der Waals surface area contributed by atoms with E-state index in [2.05, 4.69) is 27.5 Å². The molecule has 0 saturated carbocycles. The Morgan fingerprint density at radius 3 is 2.58 bits per heavy atom. The zero-order valence-corrected chi connectivity index (χ0v) is 18.0. The highest BCUT2D eigenvalue weighted by Gasteiger charge is 2.13. The second-order valence-electron chi connectivity index (χ2n) is 6.98. The van der Waals surface area contributed by atoms with Gasteiger partial charge in [0.2, 0.25) is 0 Å². The van der Waals surface area contributed by atoms with Gasteiger partial charge in [-0.2, -0.15) is 0 Å². The number of aryl methyl sites for hydroxylation is 1. The van der Waals surface area contributed by atoms with Crippen LogP contribution in [0.15, 0.2) is 66.7 Å². The Kier molecular flexibility index (Phi) is 5.95. The van der Waals surface area contributed by atoms with Gasteiger partial charge in [-0.25, -0.2) is 4.98 Å². The molecule has 31 heavy (non-hydrogen) atoms. The average Bonchev–Trinajstić information content (AvgIpc) is 3.23. The van der Waals surface area contributed by atoms with E-state index in [4.69, 9.17) is 17.0 Å². The summed E-state index contributed by atoms with van der Waals surface area (Å²) in [7, 11) is 1.58. The molecular weight excluding hydrogens is 408 g/mol. The maximum atomic E-state index is 12.5. The molecule has 0 aliphatic rings. The summed E-state index contributed by atoms with van der Waals surface area (Å²) in [6.07, 6.45) is 0.920. The lowest BCUT2D eigenvalue weighted by atomic mass is 10.1. The van der Waals surface area contributed by atoms with Crippen molar-refractivity contribution in [2.75, 3.05) is 12.4 Å². The van der Waals surface area contributed by atoms with Gasteiger partial charge >= 0.3 is 0 Å². The van der Waals surface area contributed by atoms with Crippen molar-refractivity contribution in [3.05, 3.63) is 77.9 Å². The molecule has 1 amide bonds. The van der Waals surface area contributed by atoms with Crippen molar-refractivity contribution in [2.45, 2.75) is 13.3 Å². The Morgan fingerprint density at radius 2 is 1.87 bits per heavy atom. The number of benzene rings is 3. The first kappa shape index (κ1) is 20.6. The summed E-state index contributed by atoms with van der Waals surface area (Å²) in [5.41, 5.74) is 5.06. The molecule has 156 valence electrons. The Labute approximate surface area is 185 Å². The quantitative estimate of drug-likeness (QED) is 0.391. The molecule has 1 heterocycles. The molecule has 3 N–H and O–H groups in total. The van der Waals surface area contributed by atoms with Crippen LogP contribution in [0.2, 0.25) is 0 Å². The van der Waals surface area contributed by atoms with Gasteiger partial charge in [-0.05, 0) is 66.7 Å². The molecule has 1 aromatic heterocycles. The molecule has 0 bridgehead atoms. The van der Waals surface area contributed by atoms with Crippen LogP contribution in [0, 0.1) is 0 Å². The Hall–Kier alpha value is -3.71. The van der Waals surface area contributed by atoms with Crippen LogP contribution in [-0.4, -0.2) is 28.1 Å². The van der Waals surface area contributed by atoms with Crippen LogP contribution in [0.1, 0.15) is 22.8 Å². The normalized spacial score (nSPS) is 10.6. The number of ether oxygens (including phenoxy) is 1. The summed E-state index contributed by atoms with van der Waals surface area (Å²) in [6.45, 7) is 2.07.